The first-order chi connectivity index (χ1) is 13.7. The second kappa shape index (κ2) is 6.57. The van der Waals surface area contributed by atoms with Gasteiger partial charge in [-0.2, -0.15) is 0 Å². The first-order valence-electron chi connectivity index (χ1n) is 9.18. The minimum absolute atomic E-state index is 0.0837. The zero-order valence-electron chi connectivity index (χ0n) is 15.0. The summed E-state index contributed by atoms with van der Waals surface area (Å²) in [6.07, 6.45) is 0.479. The summed E-state index contributed by atoms with van der Waals surface area (Å²) in [7, 11) is 0. The van der Waals surface area contributed by atoms with Crippen molar-refractivity contribution in [2.24, 2.45) is 0 Å². The van der Waals surface area contributed by atoms with E-state index >= 15 is 0 Å². The number of Topliss-reactive ketones (excluding diaryl/α,β-unsaturated/α-hetero) is 1. The normalized spacial score (nSPS) is 18.1. The molecule has 4 aromatic rings. The van der Waals surface area contributed by atoms with Gasteiger partial charge in [0.1, 0.15) is 5.54 Å². The Kier molecular flexibility index (Phi) is 4.02. The minimum Gasteiger partial charge on any atom is -0.368 e. The lowest BCUT2D eigenvalue weighted by Gasteiger charge is -2.29. The van der Waals surface area contributed by atoms with Gasteiger partial charge in [-0.3, -0.25) is 9.78 Å². The van der Waals surface area contributed by atoms with Crippen molar-refractivity contribution in [1.29, 1.82) is 0 Å². The van der Waals surface area contributed by atoms with Crippen molar-refractivity contribution < 1.29 is 4.79 Å². The standard InChI is InChI=1S/C24H17BrN2O/c25-18-12-10-17(11-13-18)24(23(28)20-6-2-4-8-22(20)27-24)15-19-14-9-16-5-1-3-7-21(16)26-19/h1-14,27H,15H2. The highest BCUT2D eigenvalue weighted by molar-refractivity contribution is 9.10. The number of nitrogens with one attached hydrogen (secondary N) is 1. The average molecular weight is 429 g/mol. The van der Waals surface area contributed by atoms with Gasteiger partial charge in [0.05, 0.1) is 5.52 Å². The number of halogens is 1. The Bertz CT molecular complexity index is 1200. The molecule has 1 N–H and O–H groups in total. The molecule has 0 amide bonds. The molecule has 0 bridgehead atoms. The van der Waals surface area contributed by atoms with Crippen molar-refractivity contribution in [2.45, 2.75) is 12.0 Å². The molecule has 0 aliphatic carbocycles. The van der Waals surface area contributed by atoms with Crippen LogP contribution in [0.3, 0.4) is 0 Å². The zero-order chi connectivity index (χ0) is 19.1. The number of carbonyl (C=O) groups excluding carboxylic acids is 1. The molecule has 5 rings (SSSR count). The van der Waals surface area contributed by atoms with E-state index < -0.39 is 5.54 Å². The molecule has 1 atom stereocenters. The van der Waals surface area contributed by atoms with E-state index in [0.29, 0.717) is 6.42 Å². The molecular weight excluding hydrogens is 412 g/mol. The Morgan fingerprint density at radius 1 is 0.857 bits per heavy atom. The van der Waals surface area contributed by atoms with Gasteiger partial charge in [0.2, 0.25) is 0 Å². The van der Waals surface area contributed by atoms with Gasteiger partial charge in [0.25, 0.3) is 0 Å². The van der Waals surface area contributed by atoms with Crippen LogP contribution in [0, 0.1) is 0 Å². The number of hydrogen-bond donors (Lipinski definition) is 1. The predicted octanol–water partition coefficient (Wildman–Crippen LogP) is 5.74. The fourth-order valence-electron chi connectivity index (χ4n) is 3.95. The molecule has 0 fully saturated rings. The first kappa shape index (κ1) is 17.1. The third-order valence-corrected chi connectivity index (χ3v) is 5.88. The van der Waals surface area contributed by atoms with E-state index in [1.54, 1.807) is 0 Å². The smallest absolute Gasteiger partial charge is 0.195 e. The van der Waals surface area contributed by atoms with Crippen LogP contribution in [0.5, 0.6) is 0 Å². The Hall–Kier alpha value is -2.98. The molecule has 3 nitrogen and oxygen atoms in total. The second-order valence-corrected chi connectivity index (χ2v) is 8.00. The molecule has 4 heteroatoms. The largest absolute Gasteiger partial charge is 0.368 e. The van der Waals surface area contributed by atoms with E-state index in [9.17, 15) is 4.79 Å². The van der Waals surface area contributed by atoms with Crippen LogP contribution < -0.4 is 5.32 Å². The number of pyridine rings is 1. The molecule has 136 valence electrons. The molecule has 0 saturated carbocycles. The monoisotopic (exact) mass is 428 g/mol. The quantitative estimate of drug-likeness (QED) is 0.451. The summed E-state index contributed by atoms with van der Waals surface area (Å²) in [6.45, 7) is 0. The third kappa shape index (κ3) is 2.72. The van der Waals surface area contributed by atoms with Gasteiger partial charge in [-0.25, -0.2) is 0 Å². The minimum atomic E-state index is -0.861. The second-order valence-electron chi connectivity index (χ2n) is 7.08. The topological polar surface area (TPSA) is 42.0 Å². The number of anilines is 1. The molecule has 1 unspecified atom stereocenters. The molecule has 3 aromatic carbocycles. The van der Waals surface area contributed by atoms with Crippen molar-refractivity contribution in [3.8, 4) is 0 Å². The molecule has 1 aromatic heterocycles. The highest BCUT2D eigenvalue weighted by Gasteiger charge is 2.46. The summed E-state index contributed by atoms with van der Waals surface area (Å²) in [4.78, 5) is 18.4. The van der Waals surface area contributed by atoms with E-state index in [1.807, 2.05) is 78.9 Å². The summed E-state index contributed by atoms with van der Waals surface area (Å²) in [5.41, 5.74) is 3.50. The molecule has 0 spiro atoms. The van der Waals surface area contributed by atoms with E-state index in [4.69, 9.17) is 4.98 Å². The number of hydrogen-bond acceptors (Lipinski definition) is 3. The van der Waals surface area contributed by atoms with Crippen LogP contribution in [-0.4, -0.2) is 10.8 Å². The maximum Gasteiger partial charge on any atom is 0.195 e. The van der Waals surface area contributed by atoms with E-state index in [0.717, 1.165) is 37.9 Å². The van der Waals surface area contributed by atoms with Crippen LogP contribution in [-0.2, 0) is 12.0 Å². The lowest BCUT2D eigenvalue weighted by Crippen LogP contribution is -2.41. The first-order valence-corrected chi connectivity index (χ1v) is 9.98. The highest BCUT2D eigenvalue weighted by atomic mass is 79.9. The molecule has 2 heterocycles. The average Bonchev–Trinajstić information content (AvgIpc) is 3.01. The highest BCUT2D eigenvalue weighted by Crippen LogP contribution is 2.41. The Labute approximate surface area is 171 Å². The van der Waals surface area contributed by atoms with Crippen LogP contribution in [0.15, 0.2) is 89.4 Å². The number of benzene rings is 3. The SMILES string of the molecule is O=C1c2ccccc2NC1(Cc1ccc2ccccc2n1)c1ccc(Br)cc1. The summed E-state index contributed by atoms with van der Waals surface area (Å²) in [6, 6.07) is 27.8. The fraction of sp³-hybridized carbons (Fsp3) is 0.0833. The third-order valence-electron chi connectivity index (χ3n) is 5.35. The van der Waals surface area contributed by atoms with Crippen molar-refractivity contribution in [2.75, 3.05) is 5.32 Å². The number of nitrogens with zero attached hydrogens (tertiary/aromatic N) is 1. The molecule has 0 radical (unpaired) electrons. The van der Waals surface area contributed by atoms with Gasteiger partial charge >= 0.3 is 0 Å². The van der Waals surface area contributed by atoms with Crippen molar-refractivity contribution in [3.63, 3.8) is 0 Å². The van der Waals surface area contributed by atoms with Crippen LogP contribution in [0.4, 0.5) is 5.69 Å². The van der Waals surface area contributed by atoms with Crippen LogP contribution in [0.25, 0.3) is 10.9 Å². The van der Waals surface area contributed by atoms with Gasteiger partial charge in [-0.1, -0.05) is 64.5 Å². The maximum absolute atomic E-state index is 13.6. The van der Waals surface area contributed by atoms with Gasteiger partial charge in [0, 0.05) is 33.2 Å². The number of rotatable bonds is 3. The van der Waals surface area contributed by atoms with E-state index in [1.165, 1.54) is 0 Å². The lowest BCUT2D eigenvalue weighted by atomic mass is 9.81. The Morgan fingerprint density at radius 2 is 1.61 bits per heavy atom. The summed E-state index contributed by atoms with van der Waals surface area (Å²) in [5, 5.41) is 4.62. The number of aromatic nitrogens is 1. The van der Waals surface area contributed by atoms with Crippen LogP contribution in [0.2, 0.25) is 0 Å². The van der Waals surface area contributed by atoms with Crippen molar-refractivity contribution in [3.05, 3.63) is 106 Å². The predicted molar refractivity (Wildman–Crippen MR) is 116 cm³/mol. The number of para-hydroxylation sites is 2. The molecule has 0 saturated heterocycles. The summed E-state index contributed by atoms with van der Waals surface area (Å²) < 4.78 is 0.984. The summed E-state index contributed by atoms with van der Waals surface area (Å²) >= 11 is 3.49. The van der Waals surface area contributed by atoms with Gasteiger partial charge < -0.3 is 5.32 Å². The van der Waals surface area contributed by atoms with Gasteiger partial charge in [-0.15, -0.1) is 0 Å². The summed E-state index contributed by atoms with van der Waals surface area (Å²) in [5.74, 6) is 0.0837. The molecule has 28 heavy (non-hydrogen) atoms. The van der Waals surface area contributed by atoms with Crippen LogP contribution >= 0.6 is 15.9 Å². The zero-order valence-corrected chi connectivity index (χ0v) is 16.6. The molecule has 1 aliphatic rings. The Morgan fingerprint density at radius 3 is 2.43 bits per heavy atom. The fourth-order valence-corrected chi connectivity index (χ4v) is 4.21. The van der Waals surface area contributed by atoms with Crippen molar-refractivity contribution in [1.82, 2.24) is 4.98 Å². The van der Waals surface area contributed by atoms with Crippen LogP contribution in [0.1, 0.15) is 21.6 Å². The number of carbonyl (C=O) groups is 1. The number of fused-ring (bicyclic) bond motifs is 2. The maximum atomic E-state index is 13.6. The number of ketones is 1. The van der Waals surface area contributed by atoms with Gasteiger partial charge in [0.15, 0.2) is 5.78 Å². The molecule has 1 aliphatic heterocycles. The van der Waals surface area contributed by atoms with Crippen molar-refractivity contribution >= 4 is 38.3 Å². The lowest BCUT2D eigenvalue weighted by molar-refractivity contribution is 0.0916. The van der Waals surface area contributed by atoms with E-state index in [-0.39, 0.29) is 5.78 Å². The van der Waals surface area contributed by atoms with Gasteiger partial charge in [-0.05, 0) is 42.0 Å². The van der Waals surface area contributed by atoms with E-state index in [2.05, 4.69) is 27.3 Å². The molecular formula is C24H17BrN2O. The Balaban J connectivity index is 1.64.